The number of H-pyrrole nitrogens is 1. The number of carbonyl (C=O) groups is 1. The predicted octanol–water partition coefficient (Wildman–Crippen LogP) is 0.922. The maximum Gasteiger partial charge on any atom is 0.278 e. The van der Waals surface area contributed by atoms with E-state index in [0.717, 1.165) is 5.69 Å². The molecule has 1 aliphatic rings. The van der Waals surface area contributed by atoms with Gasteiger partial charge in [0, 0.05) is 30.8 Å². The molecule has 2 aromatic rings. The van der Waals surface area contributed by atoms with E-state index in [1.54, 1.807) is 12.0 Å². The van der Waals surface area contributed by atoms with Gasteiger partial charge in [-0.1, -0.05) is 20.8 Å². The largest absolute Gasteiger partial charge is 0.383 e. The fourth-order valence-electron chi connectivity index (χ4n) is 2.56. The lowest BCUT2D eigenvalue weighted by atomic mass is 9.93. The summed E-state index contributed by atoms with van der Waals surface area (Å²) in [7, 11) is 1.58. The van der Waals surface area contributed by atoms with E-state index in [-0.39, 0.29) is 29.1 Å². The van der Waals surface area contributed by atoms with Crippen LogP contribution in [0.3, 0.4) is 0 Å². The van der Waals surface area contributed by atoms with E-state index >= 15 is 0 Å². The number of aromatic amines is 1. The molecule has 2 aromatic heterocycles. The molecule has 0 atom stereocenters. The molecule has 7 nitrogen and oxygen atoms in total. The Labute approximate surface area is 127 Å². The van der Waals surface area contributed by atoms with Gasteiger partial charge in [-0.2, -0.15) is 0 Å². The van der Waals surface area contributed by atoms with Crippen LogP contribution in [0.4, 0.5) is 0 Å². The molecule has 0 aliphatic carbocycles. The molecule has 1 amide bonds. The third kappa shape index (κ3) is 2.21. The van der Waals surface area contributed by atoms with Gasteiger partial charge in [-0.05, 0) is 0 Å². The van der Waals surface area contributed by atoms with E-state index in [4.69, 9.17) is 4.74 Å². The van der Waals surface area contributed by atoms with Gasteiger partial charge in [-0.25, -0.2) is 9.50 Å². The molecule has 0 unspecified atom stereocenters. The van der Waals surface area contributed by atoms with Gasteiger partial charge in [0.1, 0.15) is 5.69 Å². The van der Waals surface area contributed by atoms with E-state index in [1.165, 1.54) is 4.52 Å². The summed E-state index contributed by atoms with van der Waals surface area (Å²) < 4.78 is 6.42. The number of ether oxygens (including phenoxy) is 1. The summed E-state index contributed by atoms with van der Waals surface area (Å²) in [6.45, 7) is 7.33. The Kier molecular flexibility index (Phi) is 3.32. The summed E-state index contributed by atoms with van der Waals surface area (Å²) in [4.78, 5) is 30.9. The maximum atomic E-state index is 12.6. The van der Waals surface area contributed by atoms with Crippen molar-refractivity contribution < 1.29 is 9.53 Å². The van der Waals surface area contributed by atoms with Crippen LogP contribution in [0, 0.1) is 0 Å². The van der Waals surface area contributed by atoms with Gasteiger partial charge >= 0.3 is 0 Å². The van der Waals surface area contributed by atoms with Crippen LogP contribution in [0.1, 0.15) is 42.5 Å². The standard InChI is InChI=1S/C15H20N4O3/c1-15(2,3)10-7-11-16-12-9(13(20)19(11)17-10)8-18(14(12)21)5-6-22-4/h7,17H,5-6,8H2,1-4H3. The first-order valence-corrected chi connectivity index (χ1v) is 7.26. The molecule has 1 N–H and O–H groups in total. The van der Waals surface area contributed by atoms with Gasteiger partial charge in [0.2, 0.25) is 0 Å². The molecule has 0 bridgehead atoms. The summed E-state index contributed by atoms with van der Waals surface area (Å²) in [6, 6.07) is 1.83. The van der Waals surface area contributed by atoms with Crippen LogP contribution in [-0.2, 0) is 16.7 Å². The van der Waals surface area contributed by atoms with Crippen molar-refractivity contribution in [3.8, 4) is 0 Å². The van der Waals surface area contributed by atoms with Crippen LogP contribution in [0.15, 0.2) is 10.9 Å². The molecule has 0 radical (unpaired) electrons. The van der Waals surface area contributed by atoms with Gasteiger partial charge < -0.3 is 9.64 Å². The van der Waals surface area contributed by atoms with Crippen LogP contribution in [0.25, 0.3) is 5.65 Å². The summed E-state index contributed by atoms with van der Waals surface area (Å²) >= 11 is 0. The minimum Gasteiger partial charge on any atom is -0.383 e. The van der Waals surface area contributed by atoms with Crippen molar-refractivity contribution in [2.24, 2.45) is 0 Å². The number of methoxy groups -OCH3 is 1. The Morgan fingerprint density at radius 2 is 2.09 bits per heavy atom. The second kappa shape index (κ2) is 4.95. The number of aromatic nitrogens is 3. The Morgan fingerprint density at radius 1 is 1.36 bits per heavy atom. The normalized spacial score (nSPS) is 14.9. The third-order valence-corrected chi connectivity index (χ3v) is 3.92. The van der Waals surface area contributed by atoms with E-state index in [1.807, 2.05) is 26.8 Å². The Morgan fingerprint density at radius 3 is 2.73 bits per heavy atom. The highest BCUT2D eigenvalue weighted by atomic mass is 16.5. The molecule has 118 valence electrons. The van der Waals surface area contributed by atoms with Gasteiger partial charge in [0.05, 0.1) is 18.7 Å². The Hall–Kier alpha value is -2.15. The van der Waals surface area contributed by atoms with Crippen LogP contribution in [0.5, 0.6) is 0 Å². The lowest BCUT2D eigenvalue weighted by Gasteiger charge is -2.15. The zero-order valence-corrected chi connectivity index (χ0v) is 13.3. The highest BCUT2D eigenvalue weighted by Gasteiger charge is 2.32. The van der Waals surface area contributed by atoms with Gasteiger partial charge in [-0.15, -0.1) is 0 Å². The van der Waals surface area contributed by atoms with Crippen molar-refractivity contribution in [2.45, 2.75) is 32.7 Å². The maximum absolute atomic E-state index is 12.6. The Balaban J connectivity index is 2.08. The molecule has 3 rings (SSSR count). The topological polar surface area (TPSA) is 79.7 Å². The number of hydrogen-bond donors (Lipinski definition) is 1. The summed E-state index contributed by atoms with van der Waals surface area (Å²) in [5, 5.41) is 3.09. The quantitative estimate of drug-likeness (QED) is 0.914. The number of hydrogen-bond acceptors (Lipinski definition) is 4. The first-order valence-electron chi connectivity index (χ1n) is 7.26. The highest BCUT2D eigenvalue weighted by Crippen LogP contribution is 2.23. The molecule has 0 saturated carbocycles. The lowest BCUT2D eigenvalue weighted by Crippen LogP contribution is -2.28. The summed E-state index contributed by atoms with van der Waals surface area (Å²) in [6.07, 6.45) is 0. The Bertz CT molecular complexity index is 797. The van der Waals surface area contributed by atoms with Crippen molar-refractivity contribution >= 4 is 11.6 Å². The monoisotopic (exact) mass is 304 g/mol. The first kappa shape index (κ1) is 14.8. The summed E-state index contributed by atoms with van der Waals surface area (Å²) in [5.74, 6) is -0.204. The van der Waals surface area contributed by atoms with Crippen molar-refractivity contribution in [2.75, 3.05) is 20.3 Å². The van der Waals surface area contributed by atoms with Crippen molar-refractivity contribution in [1.82, 2.24) is 19.5 Å². The van der Waals surface area contributed by atoms with E-state index in [9.17, 15) is 9.59 Å². The number of carbonyl (C=O) groups excluding carboxylic acids is 1. The van der Waals surface area contributed by atoms with Crippen molar-refractivity contribution in [3.05, 3.63) is 33.4 Å². The fourth-order valence-corrected chi connectivity index (χ4v) is 2.56. The number of nitrogens with one attached hydrogen (secondary N) is 1. The van der Waals surface area contributed by atoms with Crippen LogP contribution in [0.2, 0.25) is 0 Å². The molecule has 0 aromatic carbocycles. The zero-order chi connectivity index (χ0) is 16.1. The van der Waals surface area contributed by atoms with E-state index in [2.05, 4.69) is 10.1 Å². The highest BCUT2D eigenvalue weighted by molar-refractivity contribution is 5.96. The molecule has 22 heavy (non-hydrogen) atoms. The SMILES string of the molecule is COCCN1Cc2c(nc3cc(C(C)(C)C)[nH]n3c2=O)C1=O. The average molecular weight is 304 g/mol. The van der Waals surface area contributed by atoms with Crippen LogP contribution >= 0.6 is 0 Å². The van der Waals surface area contributed by atoms with Gasteiger partial charge in [0.15, 0.2) is 5.65 Å². The van der Waals surface area contributed by atoms with E-state index in [0.29, 0.717) is 24.4 Å². The van der Waals surface area contributed by atoms with Crippen LogP contribution < -0.4 is 5.56 Å². The molecule has 0 spiro atoms. The minimum absolute atomic E-state index is 0.126. The molecule has 0 saturated heterocycles. The van der Waals surface area contributed by atoms with Gasteiger partial charge in [-0.3, -0.25) is 14.7 Å². The second-order valence-electron chi connectivity index (χ2n) is 6.58. The predicted molar refractivity (Wildman–Crippen MR) is 81.1 cm³/mol. The zero-order valence-electron chi connectivity index (χ0n) is 13.3. The average Bonchev–Trinajstić information content (AvgIpc) is 3.00. The number of nitrogens with zero attached hydrogens (tertiary/aromatic N) is 3. The molecular weight excluding hydrogens is 284 g/mol. The number of fused-ring (bicyclic) bond motifs is 2. The smallest absolute Gasteiger partial charge is 0.278 e. The van der Waals surface area contributed by atoms with E-state index < -0.39 is 0 Å². The molecule has 7 heteroatoms. The lowest BCUT2D eigenvalue weighted by molar-refractivity contribution is 0.0715. The van der Waals surface area contributed by atoms with Crippen LogP contribution in [-0.4, -0.2) is 45.7 Å². The molecule has 3 heterocycles. The van der Waals surface area contributed by atoms with Crippen molar-refractivity contribution in [1.29, 1.82) is 0 Å². The third-order valence-electron chi connectivity index (χ3n) is 3.92. The fraction of sp³-hybridized carbons (Fsp3) is 0.533. The molecule has 1 aliphatic heterocycles. The molecule has 0 fully saturated rings. The summed E-state index contributed by atoms with van der Waals surface area (Å²) in [5.41, 5.74) is 1.77. The van der Waals surface area contributed by atoms with Gasteiger partial charge in [0.25, 0.3) is 11.5 Å². The second-order valence-corrected chi connectivity index (χ2v) is 6.58. The van der Waals surface area contributed by atoms with Crippen molar-refractivity contribution in [3.63, 3.8) is 0 Å². The number of rotatable bonds is 3. The number of amides is 1. The first-order chi connectivity index (χ1) is 10.3. The molecular formula is C15H20N4O3. The minimum atomic E-state index is -0.205.